The molecule has 25 heavy (non-hydrogen) atoms. The van der Waals surface area contributed by atoms with Crippen LogP contribution in [0.4, 0.5) is 4.39 Å². The van der Waals surface area contributed by atoms with E-state index < -0.39 is 11.8 Å². The van der Waals surface area contributed by atoms with Crippen molar-refractivity contribution in [2.24, 2.45) is 0 Å². The largest absolute Gasteiger partial charge is 0.456 e. The van der Waals surface area contributed by atoms with Gasteiger partial charge in [0, 0.05) is 6.20 Å². The summed E-state index contributed by atoms with van der Waals surface area (Å²) < 4.78 is 20.7. The van der Waals surface area contributed by atoms with Gasteiger partial charge in [-0.2, -0.15) is 10.4 Å². The van der Waals surface area contributed by atoms with Crippen molar-refractivity contribution < 1.29 is 13.9 Å². The van der Waals surface area contributed by atoms with Crippen molar-refractivity contribution in [2.75, 3.05) is 0 Å². The van der Waals surface area contributed by atoms with Gasteiger partial charge in [0.1, 0.15) is 18.1 Å². The third-order valence-corrected chi connectivity index (χ3v) is 4.00. The van der Waals surface area contributed by atoms with Crippen LogP contribution < -0.4 is 0 Å². The number of halogens is 2. The summed E-state index contributed by atoms with van der Waals surface area (Å²) in [5.41, 5.74) is 1.56. The fourth-order valence-corrected chi connectivity index (χ4v) is 2.58. The highest BCUT2D eigenvalue weighted by molar-refractivity contribution is 9.10. The van der Waals surface area contributed by atoms with Crippen LogP contribution in [0.3, 0.4) is 0 Å². The molecule has 0 spiro atoms. The summed E-state index contributed by atoms with van der Waals surface area (Å²) in [7, 11) is 0. The maximum absolute atomic E-state index is 13.8. The summed E-state index contributed by atoms with van der Waals surface area (Å²) >= 11 is 3.24. The lowest BCUT2D eigenvalue weighted by atomic mass is 10.2. The van der Waals surface area contributed by atoms with Gasteiger partial charge >= 0.3 is 5.97 Å². The minimum absolute atomic E-state index is 0.0452. The predicted octanol–water partition coefficient (Wildman–Crippen LogP) is 4.00. The average Bonchev–Trinajstić information content (AvgIpc) is 3.02. The molecule has 1 aromatic heterocycles. The molecule has 0 bridgehead atoms. The molecular formula is C18H11BrFN3O2. The van der Waals surface area contributed by atoms with E-state index in [-0.39, 0.29) is 18.0 Å². The van der Waals surface area contributed by atoms with Crippen molar-refractivity contribution >= 4 is 21.9 Å². The molecule has 0 unspecified atom stereocenters. The number of aromatic nitrogens is 2. The van der Waals surface area contributed by atoms with Gasteiger partial charge < -0.3 is 4.74 Å². The zero-order valence-corrected chi connectivity index (χ0v) is 14.4. The number of hydrogen-bond acceptors (Lipinski definition) is 4. The maximum atomic E-state index is 13.8. The van der Waals surface area contributed by atoms with Gasteiger partial charge in [0.05, 0.1) is 16.1 Å². The fraction of sp³-hybridized carbons (Fsp3) is 0.0556. The van der Waals surface area contributed by atoms with Gasteiger partial charge in [-0.05, 0) is 45.8 Å². The number of nitriles is 1. The number of esters is 1. The molecule has 3 rings (SSSR count). The molecule has 124 valence electrons. The van der Waals surface area contributed by atoms with E-state index in [1.165, 1.54) is 16.9 Å². The lowest BCUT2D eigenvalue weighted by Gasteiger charge is -2.04. The first-order valence-electron chi connectivity index (χ1n) is 7.24. The van der Waals surface area contributed by atoms with Crippen LogP contribution in [0.1, 0.15) is 21.6 Å². The number of carbonyl (C=O) groups excluding carboxylic acids is 1. The summed E-state index contributed by atoms with van der Waals surface area (Å²) in [6.07, 6.45) is 1.50. The van der Waals surface area contributed by atoms with Gasteiger partial charge in [-0.1, -0.05) is 24.3 Å². The Morgan fingerprint density at radius 2 is 1.96 bits per heavy atom. The van der Waals surface area contributed by atoms with Crippen molar-refractivity contribution in [3.05, 3.63) is 81.8 Å². The number of rotatable bonds is 4. The smallest absolute Gasteiger partial charge is 0.360 e. The van der Waals surface area contributed by atoms with E-state index in [1.54, 1.807) is 42.5 Å². The molecule has 2 aromatic carbocycles. The molecule has 0 N–H and O–H groups in total. The quantitative estimate of drug-likeness (QED) is 0.621. The van der Waals surface area contributed by atoms with Crippen molar-refractivity contribution in [3.8, 4) is 11.8 Å². The Morgan fingerprint density at radius 3 is 2.64 bits per heavy atom. The van der Waals surface area contributed by atoms with Crippen LogP contribution in [0.15, 0.2) is 59.2 Å². The predicted molar refractivity (Wildman–Crippen MR) is 91.5 cm³/mol. The Bertz CT molecular complexity index is 961. The van der Waals surface area contributed by atoms with Gasteiger partial charge in [-0.3, -0.25) is 0 Å². The highest BCUT2D eigenvalue weighted by Crippen LogP contribution is 2.21. The summed E-state index contributed by atoms with van der Waals surface area (Å²) in [5.74, 6) is -1.08. The standard InChI is InChI=1S/C18H11BrFN3O2/c19-14-10-23(16-4-2-1-3-15(16)20)22-17(14)18(24)25-11-13-7-5-12(9-21)6-8-13/h1-8,10H,11H2. The molecule has 5 nitrogen and oxygen atoms in total. The molecule has 0 aliphatic heterocycles. The molecule has 3 aromatic rings. The monoisotopic (exact) mass is 399 g/mol. The minimum Gasteiger partial charge on any atom is -0.456 e. The Labute approximate surface area is 151 Å². The average molecular weight is 400 g/mol. The number of para-hydroxylation sites is 1. The van der Waals surface area contributed by atoms with Gasteiger partial charge in [-0.25, -0.2) is 13.9 Å². The maximum Gasteiger partial charge on any atom is 0.360 e. The van der Waals surface area contributed by atoms with E-state index in [9.17, 15) is 9.18 Å². The van der Waals surface area contributed by atoms with Gasteiger partial charge in [0.25, 0.3) is 0 Å². The van der Waals surface area contributed by atoms with Crippen LogP contribution >= 0.6 is 15.9 Å². The first-order valence-corrected chi connectivity index (χ1v) is 8.04. The Morgan fingerprint density at radius 1 is 1.24 bits per heavy atom. The minimum atomic E-state index is -0.633. The fourth-order valence-electron chi connectivity index (χ4n) is 2.14. The van der Waals surface area contributed by atoms with Crippen molar-refractivity contribution in [1.29, 1.82) is 5.26 Å². The zero-order valence-electron chi connectivity index (χ0n) is 12.8. The topological polar surface area (TPSA) is 67.9 Å². The van der Waals surface area contributed by atoms with Gasteiger partial charge in [-0.15, -0.1) is 0 Å². The van der Waals surface area contributed by atoms with Crippen LogP contribution in [-0.2, 0) is 11.3 Å². The Kier molecular flexibility index (Phi) is 4.91. The highest BCUT2D eigenvalue weighted by atomic mass is 79.9. The number of carbonyl (C=O) groups is 1. The second-order valence-electron chi connectivity index (χ2n) is 5.11. The number of benzene rings is 2. The molecular weight excluding hydrogens is 389 g/mol. The molecule has 0 saturated heterocycles. The summed E-state index contributed by atoms with van der Waals surface area (Å²) in [6.45, 7) is 0.0452. The van der Waals surface area contributed by atoms with Crippen molar-refractivity contribution in [1.82, 2.24) is 9.78 Å². The summed E-state index contributed by atoms with van der Waals surface area (Å²) in [6, 6.07) is 14.8. The van der Waals surface area contributed by atoms with Crippen LogP contribution in [0.2, 0.25) is 0 Å². The molecule has 0 radical (unpaired) electrons. The normalized spacial score (nSPS) is 10.3. The third-order valence-electron chi connectivity index (χ3n) is 3.42. The highest BCUT2D eigenvalue weighted by Gasteiger charge is 2.18. The van der Waals surface area contributed by atoms with E-state index in [4.69, 9.17) is 10.00 Å². The molecule has 0 aliphatic carbocycles. The van der Waals surface area contributed by atoms with Gasteiger partial charge in [0.15, 0.2) is 5.69 Å². The summed E-state index contributed by atoms with van der Waals surface area (Å²) in [4.78, 5) is 12.2. The second-order valence-corrected chi connectivity index (χ2v) is 5.96. The van der Waals surface area contributed by atoms with Crippen molar-refractivity contribution in [2.45, 2.75) is 6.61 Å². The Balaban J connectivity index is 1.74. The van der Waals surface area contributed by atoms with Crippen molar-refractivity contribution in [3.63, 3.8) is 0 Å². The van der Waals surface area contributed by atoms with E-state index in [0.717, 1.165) is 5.56 Å². The SMILES string of the molecule is N#Cc1ccc(COC(=O)c2nn(-c3ccccc3F)cc2Br)cc1. The number of hydrogen-bond donors (Lipinski definition) is 0. The molecule has 0 atom stereocenters. The van der Waals surface area contributed by atoms with E-state index in [2.05, 4.69) is 21.0 Å². The second kappa shape index (κ2) is 7.28. The van der Waals surface area contributed by atoms with E-state index >= 15 is 0 Å². The van der Waals surface area contributed by atoms with E-state index in [1.807, 2.05) is 6.07 Å². The lowest BCUT2D eigenvalue weighted by Crippen LogP contribution is -2.08. The molecule has 0 fully saturated rings. The lowest BCUT2D eigenvalue weighted by molar-refractivity contribution is 0.0464. The number of nitrogens with zero attached hydrogens (tertiary/aromatic N) is 3. The van der Waals surface area contributed by atoms with Crippen LogP contribution in [0, 0.1) is 17.1 Å². The van der Waals surface area contributed by atoms with Crippen LogP contribution in [-0.4, -0.2) is 15.7 Å². The third kappa shape index (κ3) is 3.75. The molecule has 0 amide bonds. The molecule has 7 heteroatoms. The Hall–Kier alpha value is -2.98. The molecule has 1 heterocycles. The number of ether oxygens (including phenoxy) is 1. The van der Waals surface area contributed by atoms with Gasteiger partial charge in [0.2, 0.25) is 0 Å². The molecule has 0 aliphatic rings. The van der Waals surface area contributed by atoms with E-state index in [0.29, 0.717) is 10.0 Å². The van der Waals surface area contributed by atoms with Crippen LogP contribution in [0.5, 0.6) is 0 Å². The van der Waals surface area contributed by atoms with Crippen LogP contribution in [0.25, 0.3) is 5.69 Å². The summed E-state index contributed by atoms with van der Waals surface area (Å²) in [5, 5.41) is 12.9. The molecule has 0 saturated carbocycles. The first-order chi connectivity index (χ1) is 12.1. The first kappa shape index (κ1) is 16.9. The zero-order chi connectivity index (χ0) is 17.8.